The molecular formula is C19H21FN2O3S2. The zero-order chi connectivity index (χ0) is 19.0. The molecule has 5 nitrogen and oxygen atoms in total. The number of nitrogens with zero attached hydrogens (tertiary/aromatic N) is 1. The van der Waals surface area contributed by atoms with Gasteiger partial charge in [-0.1, -0.05) is 24.3 Å². The summed E-state index contributed by atoms with van der Waals surface area (Å²) in [5.41, 5.74) is 0.620. The highest BCUT2D eigenvalue weighted by Crippen LogP contribution is 2.49. The van der Waals surface area contributed by atoms with Crippen molar-refractivity contribution in [3.05, 3.63) is 53.2 Å². The molecule has 0 radical (unpaired) electrons. The van der Waals surface area contributed by atoms with Crippen molar-refractivity contribution in [2.45, 2.75) is 35.4 Å². The fourth-order valence-electron chi connectivity index (χ4n) is 3.73. The standard InChI is InChI=1S/C19H21FN2O3S2/c20-17-5-2-1-4-14(17)15-12-16(15)19(23)22-9-7-13(8-10-22)21-27(24,25)18-6-3-11-26-18/h1-6,11,13,15-16,21H,7-10,12H2. The Bertz CT molecular complexity index is 922. The van der Waals surface area contributed by atoms with Crippen LogP contribution in [0.3, 0.4) is 0 Å². The Morgan fingerprint density at radius 3 is 2.56 bits per heavy atom. The summed E-state index contributed by atoms with van der Waals surface area (Å²) in [4.78, 5) is 14.5. The Labute approximate surface area is 162 Å². The summed E-state index contributed by atoms with van der Waals surface area (Å²) >= 11 is 1.19. The van der Waals surface area contributed by atoms with E-state index in [1.165, 1.54) is 17.4 Å². The van der Waals surface area contributed by atoms with E-state index in [1.807, 2.05) is 0 Å². The van der Waals surface area contributed by atoms with Crippen LogP contribution in [0.2, 0.25) is 0 Å². The summed E-state index contributed by atoms with van der Waals surface area (Å²) in [6.45, 7) is 1.05. The van der Waals surface area contributed by atoms with Crippen molar-refractivity contribution in [1.29, 1.82) is 0 Å². The number of rotatable bonds is 5. The lowest BCUT2D eigenvalue weighted by Gasteiger charge is -2.32. The van der Waals surface area contributed by atoms with Gasteiger partial charge in [0.25, 0.3) is 0 Å². The monoisotopic (exact) mass is 408 g/mol. The molecule has 4 rings (SSSR count). The fourth-order valence-corrected chi connectivity index (χ4v) is 6.05. The molecule has 1 amide bonds. The van der Waals surface area contributed by atoms with Gasteiger partial charge in [0, 0.05) is 25.0 Å². The molecule has 0 bridgehead atoms. The van der Waals surface area contributed by atoms with Gasteiger partial charge in [-0.2, -0.15) is 0 Å². The minimum atomic E-state index is -3.48. The summed E-state index contributed by atoms with van der Waals surface area (Å²) in [6.07, 6.45) is 1.87. The van der Waals surface area contributed by atoms with Crippen LogP contribution in [-0.4, -0.2) is 38.4 Å². The minimum absolute atomic E-state index is 0.0336. The molecule has 1 saturated heterocycles. The van der Waals surface area contributed by atoms with Gasteiger partial charge in [0.15, 0.2) is 0 Å². The highest BCUT2D eigenvalue weighted by atomic mass is 32.2. The van der Waals surface area contributed by atoms with Crippen LogP contribution in [0, 0.1) is 11.7 Å². The number of carbonyl (C=O) groups excluding carboxylic acids is 1. The molecule has 1 saturated carbocycles. The normalized spacial score (nSPS) is 23.4. The first-order valence-electron chi connectivity index (χ1n) is 9.05. The van der Waals surface area contributed by atoms with Gasteiger partial charge in [-0.3, -0.25) is 4.79 Å². The van der Waals surface area contributed by atoms with E-state index in [0.717, 1.165) is 0 Å². The summed E-state index contributed by atoms with van der Waals surface area (Å²) in [5, 5.41) is 1.73. The summed E-state index contributed by atoms with van der Waals surface area (Å²) in [5.74, 6) is -0.377. The third kappa shape index (κ3) is 3.93. The number of benzene rings is 1. The van der Waals surface area contributed by atoms with Crippen LogP contribution in [-0.2, 0) is 14.8 Å². The Kier molecular flexibility index (Phi) is 5.05. The van der Waals surface area contributed by atoms with Gasteiger partial charge < -0.3 is 4.90 Å². The first-order chi connectivity index (χ1) is 13.0. The molecule has 8 heteroatoms. The van der Waals surface area contributed by atoms with Gasteiger partial charge >= 0.3 is 0 Å². The highest BCUT2D eigenvalue weighted by molar-refractivity contribution is 7.91. The van der Waals surface area contributed by atoms with Gasteiger partial charge in [-0.05, 0) is 48.3 Å². The summed E-state index contributed by atoms with van der Waals surface area (Å²) in [6, 6.07) is 9.76. The largest absolute Gasteiger partial charge is 0.342 e. The van der Waals surface area contributed by atoms with Crippen LogP contribution in [0.4, 0.5) is 4.39 Å². The van der Waals surface area contributed by atoms with E-state index in [2.05, 4.69) is 4.72 Å². The second-order valence-electron chi connectivity index (χ2n) is 7.12. The second-order valence-corrected chi connectivity index (χ2v) is 10.0. The van der Waals surface area contributed by atoms with Crippen LogP contribution in [0.15, 0.2) is 46.0 Å². The Hall–Kier alpha value is -1.77. The summed E-state index contributed by atoms with van der Waals surface area (Å²) < 4.78 is 41.6. The van der Waals surface area contributed by atoms with E-state index in [4.69, 9.17) is 0 Å². The molecule has 2 atom stereocenters. The lowest BCUT2D eigenvalue weighted by Crippen LogP contribution is -2.46. The second kappa shape index (κ2) is 7.33. The number of hydrogen-bond donors (Lipinski definition) is 1. The Balaban J connectivity index is 1.31. The lowest BCUT2D eigenvalue weighted by molar-refractivity contribution is -0.133. The molecule has 2 heterocycles. The van der Waals surface area contributed by atoms with Gasteiger partial charge in [-0.15, -0.1) is 11.3 Å². The van der Waals surface area contributed by atoms with E-state index in [9.17, 15) is 17.6 Å². The Morgan fingerprint density at radius 1 is 1.15 bits per heavy atom. The van der Waals surface area contributed by atoms with Crippen molar-refractivity contribution in [3.63, 3.8) is 0 Å². The van der Waals surface area contributed by atoms with E-state index in [0.29, 0.717) is 42.1 Å². The van der Waals surface area contributed by atoms with Crippen LogP contribution in [0.1, 0.15) is 30.7 Å². The van der Waals surface area contributed by atoms with Gasteiger partial charge in [0.05, 0.1) is 0 Å². The molecule has 1 aromatic heterocycles. The number of carbonyl (C=O) groups is 1. The van der Waals surface area contributed by atoms with Crippen LogP contribution >= 0.6 is 11.3 Å². The predicted octanol–water partition coefficient (Wildman–Crippen LogP) is 2.96. The van der Waals surface area contributed by atoms with Crippen molar-refractivity contribution in [3.8, 4) is 0 Å². The molecule has 2 aromatic rings. The van der Waals surface area contributed by atoms with Crippen molar-refractivity contribution in [2.75, 3.05) is 13.1 Å². The molecule has 144 valence electrons. The quantitative estimate of drug-likeness (QED) is 0.827. The minimum Gasteiger partial charge on any atom is -0.342 e. The molecule has 1 aromatic carbocycles. The Morgan fingerprint density at radius 2 is 1.89 bits per heavy atom. The number of sulfonamides is 1. The van der Waals surface area contributed by atoms with Gasteiger partial charge in [0.1, 0.15) is 10.0 Å². The SMILES string of the molecule is O=C(C1CC1c1ccccc1F)N1CCC(NS(=O)(=O)c2cccs2)CC1. The molecule has 0 spiro atoms. The highest BCUT2D eigenvalue weighted by Gasteiger charge is 2.47. The van der Waals surface area contributed by atoms with Gasteiger partial charge in [0.2, 0.25) is 15.9 Å². The average molecular weight is 409 g/mol. The topological polar surface area (TPSA) is 66.5 Å². The number of likely N-dealkylation sites (tertiary alicyclic amines) is 1. The average Bonchev–Trinajstić information content (AvgIpc) is 3.23. The molecule has 2 fully saturated rings. The number of halogens is 1. The van der Waals surface area contributed by atoms with E-state index < -0.39 is 10.0 Å². The molecule has 1 aliphatic carbocycles. The van der Waals surface area contributed by atoms with Crippen molar-refractivity contribution < 1.29 is 17.6 Å². The zero-order valence-electron chi connectivity index (χ0n) is 14.7. The van der Waals surface area contributed by atoms with Crippen LogP contribution in [0.5, 0.6) is 0 Å². The summed E-state index contributed by atoms with van der Waals surface area (Å²) in [7, 11) is -3.48. The van der Waals surface area contributed by atoms with E-state index >= 15 is 0 Å². The number of nitrogens with one attached hydrogen (secondary N) is 1. The van der Waals surface area contributed by atoms with Gasteiger partial charge in [-0.25, -0.2) is 17.5 Å². The molecule has 2 aliphatic rings. The maximum absolute atomic E-state index is 13.9. The third-order valence-electron chi connectivity index (χ3n) is 5.30. The molecule has 1 N–H and O–H groups in total. The predicted molar refractivity (Wildman–Crippen MR) is 101 cm³/mol. The molecule has 1 aliphatic heterocycles. The van der Waals surface area contributed by atoms with Crippen LogP contribution in [0.25, 0.3) is 0 Å². The van der Waals surface area contributed by atoms with Crippen molar-refractivity contribution in [2.24, 2.45) is 5.92 Å². The zero-order valence-corrected chi connectivity index (χ0v) is 16.3. The smallest absolute Gasteiger partial charge is 0.250 e. The molecule has 27 heavy (non-hydrogen) atoms. The lowest BCUT2D eigenvalue weighted by atomic mass is 10.0. The van der Waals surface area contributed by atoms with E-state index in [-0.39, 0.29) is 29.6 Å². The fraction of sp³-hybridized carbons (Fsp3) is 0.421. The first-order valence-corrected chi connectivity index (χ1v) is 11.4. The van der Waals surface area contributed by atoms with Crippen molar-refractivity contribution >= 4 is 27.3 Å². The number of piperidine rings is 1. The number of hydrogen-bond acceptors (Lipinski definition) is 4. The maximum Gasteiger partial charge on any atom is 0.250 e. The third-order valence-corrected chi connectivity index (χ3v) is 8.22. The number of amides is 1. The maximum atomic E-state index is 13.9. The van der Waals surface area contributed by atoms with E-state index in [1.54, 1.807) is 40.6 Å². The first kappa shape index (κ1) is 18.6. The van der Waals surface area contributed by atoms with Crippen molar-refractivity contribution in [1.82, 2.24) is 9.62 Å². The molecule has 2 unspecified atom stereocenters. The number of thiophene rings is 1. The molecular weight excluding hydrogens is 387 g/mol. The van der Waals surface area contributed by atoms with Crippen LogP contribution < -0.4 is 4.72 Å².